The predicted molar refractivity (Wildman–Crippen MR) is 46.6 cm³/mol. The zero-order valence-electron chi connectivity index (χ0n) is 8.42. The smallest absolute Gasteiger partial charge is 1.00 e. The van der Waals surface area contributed by atoms with Gasteiger partial charge in [-0.25, -0.2) is 0 Å². The Morgan fingerprint density at radius 2 is 2.27 bits per heavy atom. The molecule has 0 fully saturated rings. The van der Waals surface area contributed by atoms with Gasteiger partial charge in [0.15, 0.2) is 0 Å². The average molecular weight is 230 g/mol. The molecule has 1 unspecified atom stereocenters. The first-order valence-corrected chi connectivity index (χ1v) is 4.05. The van der Waals surface area contributed by atoms with Crippen molar-refractivity contribution in [3.63, 3.8) is 0 Å². The number of rotatable bonds is 4. The molecule has 6 heteroatoms. The van der Waals surface area contributed by atoms with E-state index in [1.165, 1.54) is 0 Å². The number of thioether (sulfide) groups is 1. The van der Waals surface area contributed by atoms with E-state index in [1.54, 1.807) is 11.8 Å². The monoisotopic (exact) mass is 230 g/mol. The summed E-state index contributed by atoms with van der Waals surface area (Å²) in [5.41, 5.74) is 5.19. The Kier molecular flexibility index (Phi) is 18.1. The van der Waals surface area contributed by atoms with Crippen LogP contribution in [0.1, 0.15) is 9.27 Å². The van der Waals surface area contributed by atoms with E-state index in [9.17, 15) is 4.79 Å². The van der Waals surface area contributed by atoms with E-state index in [0.29, 0.717) is 6.42 Å². The second-order valence-electron chi connectivity index (χ2n) is 1.73. The number of aliphatic carboxylic acids is 1. The molecule has 0 aliphatic heterocycles. The van der Waals surface area contributed by atoms with Crippen molar-refractivity contribution in [1.29, 1.82) is 0 Å². The number of hydrogen-bond acceptors (Lipinski definition) is 3. The first-order valence-electron chi connectivity index (χ1n) is 2.65. The molecule has 0 saturated heterocycles. The summed E-state index contributed by atoms with van der Waals surface area (Å²) < 4.78 is 0. The van der Waals surface area contributed by atoms with Crippen molar-refractivity contribution in [2.75, 3.05) is 12.0 Å². The van der Waals surface area contributed by atoms with Gasteiger partial charge < -0.3 is 13.7 Å². The van der Waals surface area contributed by atoms with Crippen LogP contribution < -0.4 is 5.73 Å². The van der Waals surface area contributed by atoms with Crippen LogP contribution >= 0.6 is 11.8 Å². The zero-order valence-corrected chi connectivity index (χ0v) is 9.83. The Morgan fingerprint density at radius 3 is 2.55 bits per heavy atom. The van der Waals surface area contributed by atoms with E-state index >= 15 is 0 Å². The molecular formula is C5H13MgMnNO2S. The summed E-state index contributed by atoms with van der Waals surface area (Å²) in [6.45, 7) is 0. The second kappa shape index (κ2) is 11.1. The van der Waals surface area contributed by atoms with Crippen LogP contribution in [-0.4, -0.2) is 52.2 Å². The van der Waals surface area contributed by atoms with Crippen molar-refractivity contribution in [2.45, 2.75) is 12.5 Å². The second-order valence-corrected chi connectivity index (χ2v) is 2.71. The topological polar surface area (TPSA) is 63.3 Å². The molecule has 0 heterocycles. The van der Waals surface area contributed by atoms with Crippen molar-refractivity contribution < 1.29 is 29.8 Å². The first-order chi connectivity index (χ1) is 4.18. The van der Waals surface area contributed by atoms with Crippen molar-refractivity contribution in [1.82, 2.24) is 0 Å². The average Bonchev–Trinajstić information content (AvgIpc) is 1.82. The van der Waals surface area contributed by atoms with Gasteiger partial charge in [-0.2, -0.15) is 11.8 Å². The Bertz CT molecular complexity index is 115. The van der Waals surface area contributed by atoms with Gasteiger partial charge in [-0.05, 0) is 18.4 Å². The fourth-order valence-corrected chi connectivity index (χ4v) is 0.858. The molecule has 65 valence electrons. The van der Waals surface area contributed by atoms with Gasteiger partial charge in [-0.15, -0.1) is 0 Å². The summed E-state index contributed by atoms with van der Waals surface area (Å²) in [7, 11) is 0. The van der Waals surface area contributed by atoms with Gasteiger partial charge in [0.25, 0.3) is 0 Å². The van der Waals surface area contributed by atoms with Gasteiger partial charge in [-0.1, -0.05) is 0 Å². The van der Waals surface area contributed by atoms with Crippen LogP contribution in [0.2, 0.25) is 0 Å². The molecule has 3 N–H and O–H groups in total. The van der Waals surface area contributed by atoms with Gasteiger partial charge in [0, 0.05) is 17.1 Å². The van der Waals surface area contributed by atoms with E-state index in [4.69, 9.17) is 10.8 Å². The molecule has 0 spiro atoms. The molecule has 0 aromatic carbocycles. The van der Waals surface area contributed by atoms with Gasteiger partial charge in [0.2, 0.25) is 0 Å². The third-order valence-corrected chi connectivity index (χ3v) is 1.59. The van der Waals surface area contributed by atoms with Crippen molar-refractivity contribution in [3.05, 3.63) is 0 Å². The third kappa shape index (κ3) is 11.1. The van der Waals surface area contributed by atoms with Crippen LogP contribution in [0.15, 0.2) is 0 Å². The summed E-state index contributed by atoms with van der Waals surface area (Å²) in [5.74, 6) is -0.1000. The van der Waals surface area contributed by atoms with E-state index in [0.717, 1.165) is 5.75 Å². The molecule has 3 nitrogen and oxygen atoms in total. The molecule has 0 bridgehead atoms. The number of nitrogens with two attached hydrogens (primary N) is 1. The summed E-state index contributed by atoms with van der Waals surface area (Å²) in [5, 5.41) is 8.27. The standard InChI is InChI=1S/C5H11NO2S.Mg.Mn.2H/c1-9-3-2-4(6)5(7)8;;;;/h4H,2-3,6H2,1H3,(H,7,8);;;;/q;+2;;2*-1. The molecule has 0 rings (SSSR count). The van der Waals surface area contributed by atoms with Crippen LogP contribution in [0, 0.1) is 0 Å². The minimum absolute atomic E-state index is 0. The van der Waals surface area contributed by atoms with Gasteiger partial charge in [-0.3, -0.25) is 4.79 Å². The maximum absolute atomic E-state index is 10.1. The number of carbonyl (C=O) groups is 1. The normalized spacial score (nSPS) is 10.7. The summed E-state index contributed by atoms with van der Waals surface area (Å²) in [6.07, 6.45) is 2.48. The van der Waals surface area contributed by atoms with Gasteiger partial charge >= 0.3 is 29.0 Å². The maximum atomic E-state index is 10.1. The van der Waals surface area contributed by atoms with Crippen molar-refractivity contribution in [2.24, 2.45) is 5.73 Å². The van der Waals surface area contributed by atoms with E-state index in [-0.39, 0.29) is 43.0 Å². The maximum Gasteiger partial charge on any atom is 2.00 e. The Morgan fingerprint density at radius 1 is 1.82 bits per heavy atom. The quantitative estimate of drug-likeness (QED) is 0.667. The van der Waals surface area contributed by atoms with Crippen LogP contribution in [0.5, 0.6) is 0 Å². The van der Waals surface area contributed by atoms with Crippen LogP contribution in [0.4, 0.5) is 0 Å². The predicted octanol–water partition coefficient (Wildman–Crippen LogP) is -0.00690. The molecule has 0 amide bonds. The fourth-order valence-electron chi connectivity index (χ4n) is 0.368. The Labute approximate surface area is 100 Å². The van der Waals surface area contributed by atoms with Crippen LogP contribution in [0.25, 0.3) is 0 Å². The van der Waals surface area contributed by atoms with E-state index in [1.807, 2.05) is 6.26 Å². The number of carboxylic acid groups (broad SMARTS) is 1. The molecule has 0 saturated carbocycles. The van der Waals surface area contributed by atoms with E-state index < -0.39 is 12.0 Å². The Hall–Kier alpha value is 1.07. The molecule has 11 heavy (non-hydrogen) atoms. The minimum atomic E-state index is -0.913. The SMILES string of the molecule is CSCCC(N)C(=O)O.[H-].[H-].[Mg+2].[Mn]. The minimum Gasteiger partial charge on any atom is -1.00 e. The fraction of sp³-hybridized carbons (Fsp3) is 0.800. The van der Waals surface area contributed by atoms with Gasteiger partial charge in [0.05, 0.1) is 0 Å². The van der Waals surface area contributed by atoms with Crippen LogP contribution in [0.3, 0.4) is 0 Å². The number of carboxylic acids is 1. The summed E-state index contributed by atoms with van der Waals surface area (Å²) in [4.78, 5) is 10.1. The molecule has 1 atom stereocenters. The van der Waals surface area contributed by atoms with Crippen molar-refractivity contribution >= 4 is 40.8 Å². The Balaban J connectivity index is -0.0000000533. The summed E-state index contributed by atoms with van der Waals surface area (Å²) in [6, 6.07) is -0.683. The summed E-state index contributed by atoms with van der Waals surface area (Å²) >= 11 is 1.60. The molecule has 0 aromatic heterocycles. The first kappa shape index (κ1) is 18.0. The third-order valence-electron chi connectivity index (χ3n) is 0.950. The molecule has 0 aromatic rings. The van der Waals surface area contributed by atoms with Crippen LogP contribution in [-0.2, 0) is 21.9 Å². The van der Waals surface area contributed by atoms with Gasteiger partial charge in [0.1, 0.15) is 6.04 Å². The molecule has 0 aliphatic rings. The molecule has 1 radical (unpaired) electrons. The zero-order chi connectivity index (χ0) is 7.28. The number of hydrogen-bond donors (Lipinski definition) is 2. The van der Waals surface area contributed by atoms with E-state index in [2.05, 4.69) is 0 Å². The molecule has 0 aliphatic carbocycles. The van der Waals surface area contributed by atoms with Crippen molar-refractivity contribution in [3.8, 4) is 0 Å². The molecular weight excluding hydrogens is 217 g/mol. The largest absolute Gasteiger partial charge is 2.00 e.